The van der Waals surface area contributed by atoms with Crippen LogP contribution in [0, 0.1) is 5.82 Å². The zero-order valence-electron chi connectivity index (χ0n) is 18.3. The molecule has 172 valence electrons. The Hall–Kier alpha value is -3.38. The van der Waals surface area contributed by atoms with Crippen molar-refractivity contribution < 1.29 is 18.7 Å². The van der Waals surface area contributed by atoms with Crippen LogP contribution in [0.25, 0.3) is 0 Å². The Labute approximate surface area is 198 Å². The van der Waals surface area contributed by atoms with E-state index in [4.69, 9.17) is 16.3 Å². The average molecular weight is 469 g/mol. The fourth-order valence-electron chi connectivity index (χ4n) is 3.39. The molecule has 0 aliphatic rings. The quantitative estimate of drug-likeness (QED) is 0.472. The van der Waals surface area contributed by atoms with Gasteiger partial charge in [-0.25, -0.2) is 4.39 Å². The van der Waals surface area contributed by atoms with E-state index in [1.54, 1.807) is 12.1 Å². The molecule has 2 amide bonds. The van der Waals surface area contributed by atoms with Gasteiger partial charge in [-0.1, -0.05) is 54.1 Å². The van der Waals surface area contributed by atoms with E-state index >= 15 is 0 Å². The fraction of sp³-hybridized carbons (Fsp3) is 0.231. The third-order valence-electron chi connectivity index (χ3n) is 5.06. The van der Waals surface area contributed by atoms with E-state index in [2.05, 4.69) is 5.32 Å². The highest BCUT2D eigenvalue weighted by Crippen LogP contribution is 2.18. The van der Waals surface area contributed by atoms with E-state index in [1.165, 1.54) is 29.2 Å². The molecular weight excluding hydrogens is 443 g/mol. The second-order valence-electron chi connectivity index (χ2n) is 7.49. The molecule has 3 aromatic rings. The number of nitrogens with one attached hydrogen (secondary N) is 1. The third-order valence-corrected chi connectivity index (χ3v) is 5.32. The Kier molecular flexibility index (Phi) is 8.84. The van der Waals surface area contributed by atoms with E-state index in [0.29, 0.717) is 23.7 Å². The summed E-state index contributed by atoms with van der Waals surface area (Å²) in [6, 6.07) is 21.4. The molecule has 3 aromatic carbocycles. The molecule has 0 unspecified atom stereocenters. The van der Waals surface area contributed by atoms with Gasteiger partial charge in [0.15, 0.2) is 6.61 Å². The molecule has 0 spiro atoms. The Bertz CT molecular complexity index is 1040. The first-order chi connectivity index (χ1) is 16.0. The topological polar surface area (TPSA) is 58.6 Å². The van der Waals surface area contributed by atoms with Crippen molar-refractivity contribution in [2.24, 2.45) is 0 Å². The van der Waals surface area contributed by atoms with Crippen LogP contribution in [-0.2, 0) is 22.6 Å². The van der Waals surface area contributed by atoms with Crippen molar-refractivity contribution in [3.63, 3.8) is 0 Å². The Morgan fingerprint density at radius 3 is 2.27 bits per heavy atom. The number of nitrogens with zero attached hydrogens (tertiary/aromatic N) is 1. The Morgan fingerprint density at radius 1 is 0.970 bits per heavy atom. The molecule has 0 aliphatic heterocycles. The van der Waals surface area contributed by atoms with Gasteiger partial charge in [0.1, 0.15) is 17.6 Å². The van der Waals surface area contributed by atoms with Crippen molar-refractivity contribution in [2.45, 2.75) is 25.9 Å². The Balaban J connectivity index is 1.87. The minimum Gasteiger partial charge on any atom is -0.484 e. The van der Waals surface area contributed by atoms with Crippen LogP contribution in [-0.4, -0.2) is 35.9 Å². The van der Waals surface area contributed by atoms with Crippen LogP contribution in [0.2, 0.25) is 5.02 Å². The summed E-state index contributed by atoms with van der Waals surface area (Å²) in [6.45, 7) is 2.20. The van der Waals surface area contributed by atoms with Crippen molar-refractivity contribution in [2.75, 3.05) is 13.2 Å². The van der Waals surface area contributed by atoms with Crippen molar-refractivity contribution in [3.8, 4) is 5.75 Å². The highest BCUT2D eigenvalue weighted by Gasteiger charge is 2.30. The number of ether oxygens (including phenoxy) is 1. The zero-order valence-corrected chi connectivity index (χ0v) is 19.1. The van der Waals surface area contributed by atoms with Crippen molar-refractivity contribution >= 4 is 23.4 Å². The summed E-state index contributed by atoms with van der Waals surface area (Å²) >= 11 is 6.01. The maximum Gasteiger partial charge on any atom is 0.261 e. The lowest BCUT2D eigenvalue weighted by Crippen LogP contribution is -2.51. The number of carbonyl (C=O) groups excluding carboxylic acids is 2. The van der Waals surface area contributed by atoms with Gasteiger partial charge in [-0.05, 0) is 54.4 Å². The molecule has 0 fully saturated rings. The predicted molar refractivity (Wildman–Crippen MR) is 127 cm³/mol. The van der Waals surface area contributed by atoms with Gasteiger partial charge >= 0.3 is 0 Å². The molecule has 0 radical (unpaired) electrons. The lowest BCUT2D eigenvalue weighted by Gasteiger charge is -2.31. The summed E-state index contributed by atoms with van der Waals surface area (Å²) in [5.41, 5.74) is 1.76. The van der Waals surface area contributed by atoms with Crippen LogP contribution < -0.4 is 10.1 Å². The number of likely N-dealkylation sites (N-methyl/N-ethyl adjacent to an activating group) is 1. The van der Waals surface area contributed by atoms with Crippen molar-refractivity contribution in [3.05, 3.63) is 101 Å². The molecule has 0 saturated heterocycles. The van der Waals surface area contributed by atoms with Gasteiger partial charge in [0, 0.05) is 24.5 Å². The monoisotopic (exact) mass is 468 g/mol. The van der Waals surface area contributed by atoms with E-state index in [1.807, 2.05) is 49.4 Å². The van der Waals surface area contributed by atoms with Gasteiger partial charge in [-0.2, -0.15) is 0 Å². The smallest absolute Gasteiger partial charge is 0.261 e. The van der Waals surface area contributed by atoms with Gasteiger partial charge in [0.2, 0.25) is 5.91 Å². The SMILES string of the molecule is CCNC(=O)[C@H](Cc1ccccc1)N(Cc1ccc(Cl)cc1)C(=O)COc1ccc(F)cc1. The van der Waals surface area contributed by atoms with Crippen LogP contribution in [0.1, 0.15) is 18.1 Å². The van der Waals surface area contributed by atoms with Crippen molar-refractivity contribution in [1.29, 1.82) is 0 Å². The molecule has 1 N–H and O–H groups in total. The number of halogens is 2. The van der Waals surface area contributed by atoms with Gasteiger partial charge < -0.3 is 15.0 Å². The normalized spacial score (nSPS) is 11.5. The van der Waals surface area contributed by atoms with Crippen LogP contribution in [0.5, 0.6) is 5.75 Å². The molecular formula is C26H26ClFN2O3. The van der Waals surface area contributed by atoms with Crippen LogP contribution >= 0.6 is 11.6 Å². The van der Waals surface area contributed by atoms with Crippen molar-refractivity contribution in [1.82, 2.24) is 10.2 Å². The first-order valence-electron chi connectivity index (χ1n) is 10.7. The molecule has 0 aliphatic carbocycles. The summed E-state index contributed by atoms with van der Waals surface area (Å²) in [7, 11) is 0. The summed E-state index contributed by atoms with van der Waals surface area (Å²) in [4.78, 5) is 27.9. The molecule has 0 bridgehead atoms. The summed E-state index contributed by atoms with van der Waals surface area (Å²) in [5.74, 6) is -0.627. The number of amides is 2. The lowest BCUT2D eigenvalue weighted by molar-refractivity contribution is -0.142. The van der Waals surface area contributed by atoms with Gasteiger partial charge in [0.05, 0.1) is 0 Å². The lowest BCUT2D eigenvalue weighted by atomic mass is 10.0. The number of carbonyl (C=O) groups is 2. The highest BCUT2D eigenvalue weighted by atomic mass is 35.5. The molecule has 0 heterocycles. The van der Waals surface area contributed by atoms with E-state index in [9.17, 15) is 14.0 Å². The fourth-order valence-corrected chi connectivity index (χ4v) is 3.52. The average Bonchev–Trinajstić information content (AvgIpc) is 2.82. The summed E-state index contributed by atoms with van der Waals surface area (Å²) < 4.78 is 18.8. The number of hydrogen-bond acceptors (Lipinski definition) is 3. The molecule has 33 heavy (non-hydrogen) atoms. The molecule has 1 atom stereocenters. The largest absolute Gasteiger partial charge is 0.484 e. The number of benzene rings is 3. The molecule has 0 saturated carbocycles. The highest BCUT2D eigenvalue weighted by molar-refractivity contribution is 6.30. The second-order valence-corrected chi connectivity index (χ2v) is 7.93. The molecule has 5 nitrogen and oxygen atoms in total. The minimum absolute atomic E-state index is 0.206. The Morgan fingerprint density at radius 2 is 1.64 bits per heavy atom. The molecule has 7 heteroatoms. The predicted octanol–water partition coefficient (Wildman–Crippen LogP) is 4.63. The third kappa shape index (κ3) is 7.32. The second kappa shape index (κ2) is 12.0. The van der Waals surface area contributed by atoms with Gasteiger partial charge in [0.25, 0.3) is 5.91 Å². The number of rotatable bonds is 10. The van der Waals surface area contributed by atoms with Crippen LogP contribution in [0.15, 0.2) is 78.9 Å². The zero-order chi connectivity index (χ0) is 23.6. The van der Waals surface area contributed by atoms with Crippen LogP contribution in [0.4, 0.5) is 4.39 Å². The summed E-state index contributed by atoms with van der Waals surface area (Å²) in [5, 5.41) is 3.42. The van der Waals surface area contributed by atoms with E-state index in [-0.39, 0.29) is 25.0 Å². The summed E-state index contributed by atoms with van der Waals surface area (Å²) in [6.07, 6.45) is 0.350. The maximum absolute atomic E-state index is 13.3. The first kappa shape index (κ1) is 24.3. The standard InChI is InChI=1S/C26H26ClFN2O3/c1-2-29-26(32)24(16-19-6-4-3-5-7-19)30(17-20-8-10-21(27)11-9-20)25(31)18-33-23-14-12-22(28)13-15-23/h3-15,24H,2,16-18H2,1H3,(H,29,32)/t24-/m0/s1. The number of hydrogen-bond donors (Lipinski definition) is 1. The van der Waals surface area contributed by atoms with Gasteiger partial charge in [-0.3, -0.25) is 9.59 Å². The molecule has 3 rings (SSSR count). The molecule has 0 aromatic heterocycles. The van der Waals surface area contributed by atoms with Gasteiger partial charge in [-0.15, -0.1) is 0 Å². The maximum atomic E-state index is 13.3. The first-order valence-corrected chi connectivity index (χ1v) is 11.1. The van der Waals surface area contributed by atoms with E-state index < -0.39 is 11.9 Å². The minimum atomic E-state index is -0.743. The van der Waals surface area contributed by atoms with Crippen LogP contribution in [0.3, 0.4) is 0 Å². The van der Waals surface area contributed by atoms with E-state index in [0.717, 1.165) is 11.1 Å².